The molecule has 1 radical (unpaired) electrons. The molecule has 1 heterocycles. The standard InChI is InChI=1S/C10H7O4/c1-12-8-4-2-7(3-5-8)9-6-13-10(11)14-9/h2-5H,1H3. The fraction of sp³-hybridized carbons (Fsp3) is 0.100. The molecule has 4 heteroatoms. The molecule has 71 valence electrons. The minimum absolute atomic E-state index is 0.289. The van der Waals surface area contributed by atoms with Gasteiger partial charge in [-0.25, -0.2) is 4.79 Å². The van der Waals surface area contributed by atoms with E-state index in [1.807, 2.05) is 0 Å². The van der Waals surface area contributed by atoms with Crippen molar-refractivity contribution in [1.82, 2.24) is 0 Å². The molecule has 2 rings (SSSR count). The molecule has 0 saturated carbocycles. The van der Waals surface area contributed by atoms with E-state index in [4.69, 9.17) is 9.15 Å². The van der Waals surface area contributed by atoms with E-state index in [1.165, 1.54) is 0 Å². The summed E-state index contributed by atoms with van der Waals surface area (Å²) in [5.41, 5.74) is 0.719. The Morgan fingerprint density at radius 2 is 2.00 bits per heavy atom. The molecule has 0 aliphatic heterocycles. The van der Waals surface area contributed by atoms with E-state index in [0.29, 0.717) is 0 Å². The van der Waals surface area contributed by atoms with Crippen LogP contribution in [0, 0.1) is 6.26 Å². The lowest BCUT2D eigenvalue weighted by Gasteiger charge is -1.98. The van der Waals surface area contributed by atoms with Crippen LogP contribution in [0.15, 0.2) is 37.9 Å². The van der Waals surface area contributed by atoms with Gasteiger partial charge in [0.05, 0.1) is 7.11 Å². The molecule has 0 N–H and O–H groups in total. The molecule has 0 spiro atoms. The third-order valence-electron chi connectivity index (χ3n) is 1.76. The first kappa shape index (κ1) is 8.62. The van der Waals surface area contributed by atoms with Crippen molar-refractivity contribution in [3.8, 4) is 17.1 Å². The van der Waals surface area contributed by atoms with Crippen LogP contribution in [0.1, 0.15) is 0 Å². The Hall–Kier alpha value is -1.97. The Kier molecular flexibility index (Phi) is 2.10. The van der Waals surface area contributed by atoms with Gasteiger partial charge in [-0.1, -0.05) is 0 Å². The molecule has 0 amide bonds. The van der Waals surface area contributed by atoms with E-state index in [-0.39, 0.29) is 5.76 Å². The predicted octanol–water partition coefficient (Wildman–Crippen LogP) is 1.71. The lowest BCUT2D eigenvalue weighted by atomic mass is 10.2. The quantitative estimate of drug-likeness (QED) is 0.725. The van der Waals surface area contributed by atoms with Gasteiger partial charge in [-0.05, 0) is 24.3 Å². The van der Waals surface area contributed by atoms with E-state index >= 15 is 0 Å². The zero-order valence-corrected chi connectivity index (χ0v) is 7.44. The van der Waals surface area contributed by atoms with Crippen molar-refractivity contribution in [2.75, 3.05) is 7.11 Å². The summed E-state index contributed by atoms with van der Waals surface area (Å²) >= 11 is 0. The highest BCUT2D eigenvalue weighted by Gasteiger charge is 2.05. The highest BCUT2D eigenvalue weighted by atomic mass is 16.6. The van der Waals surface area contributed by atoms with E-state index < -0.39 is 5.82 Å². The highest BCUT2D eigenvalue weighted by molar-refractivity contribution is 5.56. The maximum Gasteiger partial charge on any atom is 0.519 e. The Balaban J connectivity index is 2.38. The maximum absolute atomic E-state index is 10.6. The van der Waals surface area contributed by atoms with Crippen LogP contribution >= 0.6 is 0 Å². The molecule has 4 nitrogen and oxygen atoms in total. The van der Waals surface area contributed by atoms with Gasteiger partial charge < -0.3 is 13.6 Å². The first-order chi connectivity index (χ1) is 6.79. The summed E-state index contributed by atoms with van der Waals surface area (Å²) in [5, 5.41) is 0. The molecular formula is C10H7O4. The first-order valence-corrected chi connectivity index (χ1v) is 3.95. The molecule has 1 aromatic heterocycles. The summed E-state index contributed by atoms with van der Waals surface area (Å²) in [5.74, 6) is 0.271. The first-order valence-electron chi connectivity index (χ1n) is 3.95. The van der Waals surface area contributed by atoms with Crippen LogP contribution in [-0.4, -0.2) is 7.11 Å². The van der Waals surface area contributed by atoms with Crippen molar-refractivity contribution >= 4 is 0 Å². The Morgan fingerprint density at radius 1 is 1.29 bits per heavy atom. The molecular weight excluding hydrogens is 184 g/mol. The highest BCUT2D eigenvalue weighted by Crippen LogP contribution is 2.20. The van der Waals surface area contributed by atoms with Gasteiger partial charge in [0.2, 0.25) is 6.26 Å². The summed E-state index contributed by atoms with van der Waals surface area (Å²) in [6, 6.07) is 7.03. The van der Waals surface area contributed by atoms with Crippen LogP contribution in [-0.2, 0) is 0 Å². The summed E-state index contributed by atoms with van der Waals surface area (Å²) in [7, 11) is 1.58. The smallest absolute Gasteiger partial charge is 0.497 e. The monoisotopic (exact) mass is 191 g/mol. The minimum atomic E-state index is -0.754. The van der Waals surface area contributed by atoms with Crippen molar-refractivity contribution < 1.29 is 13.6 Å². The van der Waals surface area contributed by atoms with Gasteiger partial charge in [-0.15, -0.1) is 0 Å². The van der Waals surface area contributed by atoms with Crippen LogP contribution in [0.4, 0.5) is 0 Å². The van der Waals surface area contributed by atoms with Crippen molar-refractivity contribution in [2.24, 2.45) is 0 Å². The van der Waals surface area contributed by atoms with Crippen LogP contribution in [0.3, 0.4) is 0 Å². The van der Waals surface area contributed by atoms with Crippen LogP contribution in [0.5, 0.6) is 5.75 Å². The van der Waals surface area contributed by atoms with E-state index in [0.717, 1.165) is 11.3 Å². The zero-order chi connectivity index (χ0) is 9.97. The minimum Gasteiger partial charge on any atom is -0.497 e. The molecule has 0 saturated heterocycles. The van der Waals surface area contributed by atoms with Crippen LogP contribution < -0.4 is 10.6 Å². The number of benzene rings is 1. The summed E-state index contributed by atoms with van der Waals surface area (Å²) < 4.78 is 14.1. The van der Waals surface area contributed by atoms with E-state index in [1.54, 1.807) is 31.4 Å². The Labute approximate surface area is 79.7 Å². The lowest BCUT2D eigenvalue weighted by Crippen LogP contribution is -1.85. The van der Waals surface area contributed by atoms with Gasteiger partial charge in [0.25, 0.3) is 0 Å². The van der Waals surface area contributed by atoms with Gasteiger partial charge in [-0.3, -0.25) is 0 Å². The molecule has 1 aromatic carbocycles. The van der Waals surface area contributed by atoms with Crippen molar-refractivity contribution in [3.05, 3.63) is 41.1 Å². The fourth-order valence-electron chi connectivity index (χ4n) is 1.07. The summed E-state index contributed by atoms with van der Waals surface area (Å²) in [6.45, 7) is 0. The predicted molar refractivity (Wildman–Crippen MR) is 48.1 cm³/mol. The van der Waals surface area contributed by atoms with Crippen LogP contribution in [0.2, 0.25) is 0 Å². The fourth-order valence-corrected chi connectivity index (χ4v) is 1.07. The third-order valence-corrected chi connectivity index (χ3v) is 1.76. The van der Waals surface area contributed by atoms with E-state index in [9.17, 15) is 4.79 Å². The number of hydrogen-bond acceptors (Lipinski definition) is 4. The Bertz CT molecular complexity index is 463. The second-order valence-electron chi connectivity index (χ2n) is 2.61. The van der Waals surface area contributed by atoms with Crippen molar-refractivity contribution in [1.29, 1.82) is 0 Å². The van der Waals surface area contributed by atoms with Gasteiger partial charge in [0.1, 0.15) is 5.75 Å². The average Bonchev–Trinajstić information content (AvgIpc) is 2.65. The second-order valence-corrected chi connectivity index (χ2v) is 2.61. The molecule has 0 atom stereocenters. The second kappa shape index (κ2) is 3.41. The third kappa shape index (κ3) is 1.54. The molecule has 0 fully saturated rings. The van der Waals surface area contributed by atoms with Crippen molar-refractivity contribution in [3.63, 3.8) is 0 Å². The Morgan fingerprint density at radius 3 is 2.50 bits per heavy atom. The normalized spacial score (nSPS) is 10.1. The maximum atomic E-state index is 10.6. The molecule has 0 aliphatic rings. The van der Waals surface area contributed by atoms with Gasteiger partial charge in [0, 0.05) is 5.56 Å². The van der Waals surface area contributed by atoms with Crippen LogP contribution in [0.25, 0.3) is 11.3 Å². The summed E-state index contributed by atoms with van der Waals surface area (Å²) in [4.78, 5) is 10.6. The molecule has 0 bridgehead atoms. The number of ether oxygens (including phenoxy) is 1. The number of rotatable bonds is 2. The largest absolute Gasteiger partial charge is 0.519 e. The van der Waals surface area contributed by atoms with Crippen molar-refractivity contribution in [2.45, 2.75) is 0 Å². The SMILES string of the molecule is COc1ccc(-c2[c]oc(=O)o2)cc1. The van der Waals surface area contributed by atoms with E-state index in [2.05, 4.69) is 10.7 Å². The zero-order valence-electron chi connectivity index (χ0n) is 7.44. The molecule has 0 aliphatic carbocycles. The molecule has 2 aromatic rings. The number of hydrogen-bond donors (Lipinski definition) is 0. The molecule has 0 unspecified atom stereocenters. The lowest BCUT2D eigenvalue weighted by molar-refractivity contribution is 0.387. The summed E-state index contributed by atoms with van der Waals surface area (Å²) in [6.07, 6.45) is 2.36. The van der Waals surface area contributed by atoms with Gasteiger partial charge >= 0.3 is 5.82 Å². The van der Waals surface area contributed by atoms with Gasteiger partial charge in [-0.2, -0.15) is 0 Å². The van der Waals surface area contributed by atoms with Gasteiger partial charge in [0.15, 0.2) is 5.76 Å². The average molecular weight is 191 g/mol. The molecule has 14 heavy (non-hydrogen) atoms. The topological polar surface area (TPSA) is 52.6 Å². The number of methoxy groups -OCH3 is 1.